The van der Waals surface area contributed by atoms with E-state index in [-0.39, 0.29) is 0 Å². The van der Waals surface area contributed by atoms with E-state index in [1.165, 1.54) is 5.69 Å². The van der Waals surface area contributed by atoms with Crippen LogP contribution in [0.25, 0.3) is 0 Å². The molecule has 0 bridgehead atoms. The quantitative estimate of drug-likeness (QED) is 0.579. The fourth-order valence-electron chi connectivity index (χ4n) is 2.99. The van der Waals surface area contributed by atoms with Crippen LogP contribution in [0.5, 0.6) is 5.75 Å². The van der Waals surface area contributed by atoms with Gasteiger partial charge in [-0.1, -0.05) is 18.2 Å². The molecule has 2 aromatic carbocycles. The summed E-state index contributed by atoms with van der Waals surface area (Å²) in [6, 6.07) is 17.9. The summed E-state index contributed by atoms with van der Waals surface area (Å²) in [7, 11) is 0. The van der Waals surface area contributed by atoms with Gasteiger partial charge in [0.2, 0.25) is 0 Å². The van der Waals surface area contributed by atoms with E-state index in [1.54, 1.807) is 12.1 Å². The number of carbonyl (C=O) groups excluding carboxylic acids is 1. The summed E-state index contributed by atoms with van der Waals surface area (Å²) in [6.07, 6.45) is 1.86. The molecule has 1 fully saturated rings. The Kier molecular flexibility index (Phi) is 5.85. The fraction of sp³-hybridized carbons (Fsp3) is 0.350. The van der Waals surface area contributed by atoms with Gasteiger partial charge in [0.15, 0.2) is 0 Å². The van der Waals surface area contributed by atoms with Crippen molar-refractivity contribution in [2.75, 3.05) is 44.2 Å². The molecule has 0 spiro atoms. The lowest BCUT2D eigenvalue weighted by Crippen LogP contribution is -2.46. The Balaban J connectivity index is 1.34. The van der Waals surface area contributed by atoms with Crippen LogP contribution in [0, 0.1) is 0 Å². The van der Waals surface area contributed by atoms with Gasteiger partial charge < -0.3 is 9.64 Å². The third-order valence-corrected chi connectivity index (χ3v) is 4.40. The van der Waals surface area contributed by atoms with Crippen LogP contribution in [0.15, 0.2) is 54.6 Å². The Morgan fingerprint density at radius 2 is 1.62 bits per heavy atom. The second-order valence-corrected chi connectivity index (χ2v) is 6.05. The SMILES string of the molecule is O=Cc1ccc(OCCCN2CCN(c3ccccc3)CC2)cc1. The number of rotatable bonds is 7. The zero-order valence-corrected chi connectivity index (χ0v) is 13.9. The van der Waals surface area contributed by atoms with Crippen LogP contribution < -0.4 is 9.64 Å². The molecule has 1 heterocycles. The summed E-state index contributed by atoms with van der Waals surface area (Å²) in [5.41, 5.74) is 2.00. The summed E-state index contributed by atoms with van der Waals surface area (Å²) >= 11 is 0. The third kappa shape index (κ3) is 4.59. The average Bonchev–Trinajstić information content (AvgIpc) is 2.67. The summed E-state index contributed by atoms with van der Waals surface area (Å²) in [6.45, 7) is 6.14. The Hall–Kier alpha value is -2.33. The maximum Gasteiger partial charge on any atom is 0.150 e. The molecule has 1 aliphatic heterocycles. The van der Waals surface area contributed by atoms with Crippen molar-refractivity contribution in [2.24, 2.45) is 0 Å². The summed E-state index contributed by atoms with van der Waals surface area (Å²) in [5, 5.41) is 0. The molecule has 24 heavy (non-hydrogen) atoms. The maximum atomic E-state index is 10.6. The molecule has 0 saturated carbocycles. The molecular weight excluding hydrogens is 300 g/mol. The molecule has 0 amide bonds. The molecule has 0 radical (unpaired) electrons. The number of ether oxygens (including phenoxy) is 1. The van der Waals surface area contributed by atoms with Gasteiger partial charge in [-0.25, -0.2) is 0 Å². The van der Waals surface area contributed by atoms with E-state index >= 15 is 0 Å². The van der Waals surface area contributed by atoms with Gasteiger partial charge in [0.1, 0.15) is 12.0 Å². The maximum absolute atomic E-state index is 10.6. The number of hydrogen-bond donors (Lipinski definition) is 0. The number of anilines is 1. The zero-order valence-electron chi connectivity index (χ0n) is 13.9. The number of nitrogens with zero attached hydrogens (tertiary/aromatic N) is 2. The van der Waals surface area contributed by atoms with E-state index in [0.29, 0.717) is 12.2 Å². The van der Waals surface area contributed by atoms with Crippen LogP contribution in [0.2, 0.25) is 0 Å². The minimum atomic E-state index is 0.679. The van der Waals surface area contributed by atoms with Gasteiger partial charge in [-0.2, -0.15) is 0 Å². The molecule has 0 unspecified atom stereocenters. The number of aldehydes is 1. The van der Waals surface area contributed by atoms with E-state index in [2.05, 4.69) is 40.1 Å². The lowest BCUT2D eigenvalue weighted by Gasteiger charge is -2.36. The molecule has 1 saturated heterocycles. The van der Waals surface area contributed by atoms with E-state index < -0.39 is 0 Å². The zero-order chi connectivity index (χ0) is 16.6. The van der Waals surface area contributed by atoms with E-state index in [0.717, 1.165) is 51.2 Å². The van der Waals surface area contributed by atoms with Crippen molar-refractivity contribution in [3.63, 3.8) is 0 Å². The predicted molar refractivity (Wildman–Crippen MR) is 97.0 cm³/mol. The predicted octanol–water partition coefficient (Wildman–Crippen LogP) is 3.09. The highest BCUT2D eigenvalue weighted by Gasteiger charge is 2.16. The molecule has 4 nitrogen and oxygen atoms in total. The second-order valence-electron chi connectivity index (χ2n) is 6.05. The lowest BCUT2D eigenvalue weighted by molar-refractivity contribution is 0.112. The van der Waals surface area contributed by atoms with Gasteiger partial charge in [-0.15, -0.1) is 0 Å². The van der Waals surface area contributed by atoms with Crippen molar-refractivity contribution in [2.45, 2.75) is 6.42 Å². The summed E-state index contributed by atoms with van der Waals surface area (Å²) in [5.74, 6) is 0.828. The molecule has 4 heteroatoms. The second kappa shape index (κ2) is 8.50. The molecule has 126 valence electrons. The first-order chi connectivity index (χ1) is 11.8. The Bertz CT molecular complexity index is 620. The van der Waals surface area contributed by atoms with E-state index in [4.69, 9.17) is 4.74 Å². The minimum Gasteiger partial charge on any atom is -0.494 e. The first kappa shape index (κ1) is 16.5. The molecule has 0 N–H and O–H groups in total. The van der Waals surface area contributed by atoms with Crippen molar-refractivity contribution in [3.05, 3.63) is 60.2 Å². The highest BCUT2D eigenvalue weighted by Crippen LogP contribution is 2.16. The Morgan fingerprint density at radius 1 is 0.917 bits per heavy atom. The monoisotopic (exact) mass is 324 g/mol. The van der Waals surface area contributed by atoms with Crippen LogP contribution in [0.1, 0.15) is 16.8 Å². The third-order valence-electron chi connectivity index (χ3n) is 4.40. The fourth-order valence-corrected chi connectivity index (χ4v) is 2.99. The lowest BCUT2D eigenvalue weighted by atomic mass is 10.2. The van der Waals surface area contributed by atoms with Gasteiger partial charge in [-0.3, -0.25) is 9.69 Å². The standard InChI is InChI=1S/C20H24N2O2/c23-17-18-7-9-20(10-8-18)24-16-4-11-21-12-14-22(15-13-21)19-5-2-1-3-6-19/h1-3,5-10,17H,4,11-16H2. The van der Waals surface area contributed by atoms with E-state index in [9.17, 15) is 4.79 Å². The Morgan fingerprint density at radius 3 is 2.29 bits per heavy atom. The number of benzene rings is 2. The molecule has 3 rings (SSSR count). The smallest absolute Gasteiger partial charge is 0.150 e. The van der Waals surface area contributed by atoms with Crippen molar-refractivity contribution in [1.82, 2.24) is 4.90 Å². The van der Waals surface area contributed by atoms with Crippen LogP contribution in [0.4, 0.5) is 5.69 Å². The van der Waals surface area contributed by atoms with Crippen molar-refractivity contribution >= 4 is 12.0 Å². The molecule has 1 aliphatic rings. The van der Waals surface area contributed by atoms with Gasteiger partial charge >= 0.3 is 0 Å². The van der Waals surface area contributed by atoms with Crippen LogP contribution in [-0.4, -0.2) is 50.5 Å². The molecule has 0 atom stereocenters. The van der Waals surface area contributed by atoms with Crippen LogP contribution in [0.3, 0.4) is 0 Å². The normalized spacial score (nSPS) is 15.2. The Labute approximate surface area is 143 Å². The number of hydrogen-bond acceptors (Lipinski definition) is 4. The highest BCUT2D eigenvalue weighted by atomic mass is 16.5. The minimum absolute atomic E-state index is 0.679. The molecule has 2 aromatic rings. The van der Waals surface area contributed by atoms with Gasteiger partial charge in [0, 0.05) is 44.0 Å². The summed E-state index contributed by atoms with van der Waals surface area (Å²) in [4.78, 5) is 15.6. The average molecular weight is 324 g/mol. The van der Waals surface area contributed by atoms with Crippen molar-refractivity contribution < 1.29 is 9.53 Å². The number of piperazine rings is 1. The van der Waals surface area contributed by atoms with Crippen LogP contribution >= 0.6 is 0 Å². The first-order valence-electron chi connectivity index (χ1n) is 8.55. The van der Waals surface area contributed by atoms with Crippen LogP contribution in [-0.2, 0) is 0 Å². The first-order valence-corrected chi connectivity index (χ1v) is 8.55. The molecular formula is C20H24N2O2. The number of carbonyl (C=O) groups is 1. The molecule has 0 aromatic heterocycles. The molecule has 0 aliphatic carbocycles. The van der Waals surface area contributed by atoms with Crippen molar-refractivity contribution in [1.29, 1.82) is 0 Å². The van der Waals surface area contributed by atoms with E-state index in [1.807, 2.05) is 12.1 Å². The topological polar surface area (TPSA) is 32.8 Å². The van der Waals surface area contributed by atoms with Gasteiger partial charge in [0.25, 0.3) is 0 Å². The van der Waals surface area contributed by atoms with Gasteiger partial charge in [-0.05, 0) is 42.8 Å². The highest BCUT2D eigenvalue weighted by molar-refractivity contribution is 5.74. The number of para-hydroxylation sites is 1. The largest absolute Gasteiger partial charge is 0.494 e. The van der Waals surface area contributed by atoms with Gasteiger partial charge in [0.05, 0.1) is 6.61 Å². The van der Waals surface area contributed by atoms with Crippen molar-refractivity contribution in [3.8, 4) is 5.75 Å². The summed E-state index contributed by atoms with van der Waals surface area (Å²) < 4.78 is 5.73.